The van der Waals surface area contributed by atoms with E-state index in [1.54, 1.807) is 6.33 Å². The van der Waals surface area contributed by atoms with E-state index in [0.29, 0.717) is 5.92 Å². The number of hydrazine groups is 1. The molecule has 0 amide bonds. The molecule has 1 fully saturated rings. The van der Waals surface area contributed by atoms with Crippen molar-refractivity contribution in [3.05, 3.63) is 24.3 Å². The van der Waals surface area contributed by atoms with Crippen molar-refractivity contribution in [1.82, 2.24) is 15.4 Å². The van der Waals surface area contributed by atoms with E-state index in [9.17, 15) is 0 Å². The van der Waals surface area contributed by atoms with Gasteiger partial charge in [-0.15, -0.1) is 0 Å². The van der Waals surface area contributed by atoms with Crippen molar-refractivity contribution >= 4 is 0 Å². The lowest BCUT2D eigenvalue weighted by Crippen LogP contribution is -2.35. The number of nitrogens with two attached hydrogens (primary N) is 1. The Morgan fingerprint density at radius 1 is 1.29 bits per heavy atom. The van der Waals surface area contributed by atoms with E-state index in [4.69, 9.17) is 5.84 Å². The second-order valence-electron chi connectivity index (χ2n) is 5.01. The lowest BCUT2D eigenvalue weighted by Gasteiger charge is -2.33. The molecule has 2 rings (SSSR count). The third-order valence-electron chi connectivity index (χ3n) is 4.06. The molecule has 0 aliphatic heterocycles. The zero-order valence-corrected chi connectivity index (χ0v) is 10.5. The van der Waals surface area contributed by atoms with Gasteiger partial charge in [0.15, 0.2) is 0 Å². The average Bonchev–Trinajstić information content (AvgIpc) is 2.42. The molecule has 0 saturated heterocycles. The van der Waals surface area contributed by atoms with E-state index >= 15 is 0 Å². The first-order chi connectivity index (χ1) is 8.35. The summed E-state index contributed by atoms with van der Waals surface area (Å²) in [6.07, 6.45) is 11.8. The molecule has 0 radical (unpaired) electrons. The summed E-state index contributed by atoms with van der Waals surface area (Å²) in [5.74, 6) is 7.23. The molecular weight excluding hydrogens is 212 g/mol. The van der Waals surface area contributed by atoms with Crippen LogP contribution in [0.25, 0.3) is 0 Å². The Morgan fingerprint density at radius 3 is 2.47 bits per heavy atom. The molecule has 94 valence electrons. The maximum atomic E-state index is 5.70. The SMILES string of the molecule is CCC1CCC(C(NN)c2cncnc2)CC1. The van der Waals surface area contributed by atoms with Crippen molar-refractivity contribution in [2.75, 3.05) is 0 Å². The van der Waals surface area contributed by atoms with E-state index in [0.717, 1.165) is 11.5 Å². The number of rotatable bonds is 4. The minimum Gasteiger partial charge on any atom is -0.271 e. The summed E-state index contributed by atoms with van der Waals surface area (Å²) in [4.78, 5) is 8.15. The Bertz CT molecular complexity index is 319. The van der Waals surface area contributed by atoms with Crippen molar-refractivity contribution in [2.24, 2.45) is 17.7 Å². The van der Waals surface area contributed by atoms with E-state index in [-0.39, 0.29) is 6.04 Å². The van der Waals surface area contributed by atoms with Gasteiger partial charge < -0.3 is 0 Å². The predicted molar refractivity (Wildman–Crippen MR) is 67.8 cm³/mol. The molecule has 1 aliphatic carbocycles. The van der Waals surface area contributed by atoms with Crippen molar-refractivity contribution in [2.45, 2.75) is 45.1 Å². The van der Waals surface area contributed by atoms with Gasteiger partial charge in [0.25, 0.3) is 0 Å². The zero-order valence-electron chi connectivity index (χ0n) is 10.5. The summed E-state index contributed by atoms with van der Waals surface area (Å²) < 4.78 is 0. The number of hydrogen-bond donors (Lipinski definition) is 2. The van der Waals surface area contributed by atoms with Crippen LogP contribution in [0.2, 0.25) is 0 Å². The van der Waals surface area contributed by atoms with Crippen LogP contribution in [-0.4, -0.2) is 9.97 Å². The molecule has 1 atom stereocenters. The van der Waals surface area contributed by atoms with Gasteiger partial charge in [0, 0.05) is 18.0 Å². The molecule has 4 nitrogen and oxygen atoms in total. The van der Waals surface area contributed by atoms with Crippen LogP contribution in [0.15, 0.2) is 18.7 Å². The summed E-state index contributed by atoms with van der Waals surface area (Å²) in [7, 11) is 0. The summed E-state index contributed by atoms with van der Waals surface area (Å²) in [5, 5.41) is 0. The average molecular weight is 234 g/mol. The standard InChI is InChI=1S/C13H22N4/c1-2-10-3-5-11(6-4-10)13(17-14)12-7-15-9-16-8-12/h7-11,13,17H,2-6,14H2,1H3. The Hall–Kier alpha value is -1.00. The van der Waals surface area contributed by atoms with E-state index in [1.807, 2.05) is 12.4 Å². The maximum Gasteiger partial charge on any atom is 0.115 e. The quantitative estimate of drug-likeness (QED) is 0.619. The Kier molecular flexibility index (Phi) is 4.45. The largest absolute Gasteiger partial charge is 0.271 e. The second-order valence-corrected chi connectivity index (χ2v) is 5.01. The van der Waals surface area contributed by atoms with Crippen molar-refractivity contribution in [1.29, 1.82) is 0 Å². The number of aromatic nitrogens is 2. The van der Waals surface area contributed by atoms with Crippen molar-refractivity contribution in [3.63, 3.8) is 0 Å². The summed E-state index contributed by atoms with van der Waals surface area (Å²) in [6.45, 7) is 2.29. The van der Waals surface area contributed by atoms with Gasteiger partial charge in [-0.3, -0.25) is 11.3 Å². The zero-order chi connectivity index (χ0) is 12.1. The van der Waals surface area contributed by atoms with E-state index in [2.05, 4.69) is 22.3 Å². The first kappa shape index (κ1) is 12.5. The fraction of sp³-hybridized carbons (Fsp3) is 0.692. The maximum absolute atomic E-state index is 5.70. The van der Waals surface area contributed by atoms with Gasteiger partial charge >= 0.3 is 0 Å². The second kappa shape index (κ2) is 6.07. The Labute approximate surface area is 103 Å². The lowest BCUT2D eigenvalue weighted by atomic mass is 9.76. The molecule has 1 heterocycles. The summed E-state index contributed by atoms with van der Waals surface area (Å²) in [6, 6.07) is 0.203. The molecule has 1 aromatic heterocycles. The summed E-state index contributed by atoms with van der Waals surface area (Å²) in [5.41, 5.74) is 4.05. The van der Waals surface area contributed by atoms with Gasteiger partial charge in [0.1, 0.15) is 6.33 Å². The van der Waals surface area contributed by atoms with Crippen LogP contribution in [0.3, 0.4) is 0 Å². The molecule has 4 heteroatoms. The molecule has 1 aromatic rings. The molecule has 0 bridgehead atoms. The van der Waals surface area contributed by atoms with Gasteiger partial charge in [-0.25, -0.2) is 9.97 Å². The fourth-order valence-corrected chi connectivity index (χ4v) is 2.91. The van der Waals surface area contributed by atoms with Crippen LogP contribution in [-0.2, 0) is 0 Å². The highest BCUT2D eigenvalue weighted by Crippen LogP contribution is 2.37. The molecule has 1 unspecified atom stereocenters. The minimum absolute atomic E-state index is 0.203. The predicted octanol–water partition coefficient (Wildman–Crippen LogP) is 2.20. The van der Waals surface area contributed by atoms with Gasteiger partial charge in [0.2, 0.25) is 0 Å². The highest BCUT2D eigenvalue weighted by atomic mass is 15.2. The molecule has 3 N–H and O–H groups in total. The van der Waals surface area contributed by atoms with Crippen molar-refractivity contribution in [3.8, 4) is 0 Å². The Morgan fingerprint density at radius 2 is 1.94 bits per heavy atom. The van der Waals surface area contributed by atoms with Gasteiger partial charge in [-0.1, -0.05) is 26.2 Å². The monoisotopic (exact) mass is 234 g/mol. The molecule has 0 spiro atoms. The van der Waals surface area contributed by atoms with Crippen LogP contribution >= 0.6 is 0 Å². The van der Waals surface area contributed by atoms with Crippen molar-refractivity contribution < 1.29 is 0 Å². The third kappa shape index (κ3) is 3.01. The fourth-order valence-electron chi connectivity index (χ4n) is 2.91. The van der Waals surface area contributed by atoms with Gasteiger partial charge in [-0.05, 0) is 24.7 Å². The lowest BCUT2D eigenvalue weighted by molar-refractivity contribution is 0.219. The molecule has 1 saturated carbocycles. The van der Waals surface area contributed by atoms with Crippen LogP contribution < -0.4 is 11.3 Å². The first-order valence-corrected chi connectivity index (χ1v) is 6.56. The highest BCUT2D eigenvalue weighted by Gasteiger charge is 2.27. The molecule has 1 aliphatic rings. The normalized spacial score (nSPS) is 26.7. The molecule has 0 aromatic carbocycles. The number of hydrogen-bond acceptors (Lipinski definition) is 4. The molecular formula is C13H22N4. The Balaban J connectivity index is 2.00. The number of nitrogens with zero attached hydrogens (tertiary/aromatic N) is 2. The van der Waals surface area contributed by atoms with Crippen LogP contribution in [0, 0.1) is 11.8 Å². The topological polar surface area (TPSA) is 63.8 Å². The smallest absolute Gasteiger partial charge is 0.115 e. The summed E-state index contributed by atoms with van der Waals surface area (Å²) >= 11 is 0. The first-order valence-electron chi connectivity index (χ1n) is 6.56. The van der Waals surface area contributed by atoms with Gasteiger partial charge in [0.05, 0.1) is 6.04 Å². The van der Waals surface area contributed by atoms with E-state index in [1.165, 1.54) is 32.1 Å². The van der Waals surface area contributed by atoms with Gasteiger partial charge in [-0.2, -0.15) is 0 Å². The third-order valence-corrected chi connectivity index (χ3v) is 4.06. The highest BCUT2D eigenvalue weighted by molar-refractivity contribution is 5.10. The number of nitrogens with one attached hydrogen (secondary N) is 1. The van der Waals surface area contributed by atoms with E-state index < -0.39 is 0 Å². The van der Waals surface area contributed by atoms with Crippen LogP contribution in [0.4, 0.5) is 0 Å². The minimum atomic E-state index is 0.203. The van der Waals surface area contributed by atoms with Crippen LogP contribution in [0.1, 0.15) is 50.6 Å². The van der Waals surface area contributed by atoms with Crippen LogP contribution in [0.5, 0.6) is 0 Å². The molecule has 17 heavy (non-hydrogen) atoms.